The Morgan fingerprint density at radius 1 is 1.27 bits per heavy atom. The van der Waals surface area contributed by atoms with Crippen molar-refractivity contribution in [3.63, 3.8) is 0 Å². The van der Waals surface area contributed by atoms with Gasteiger partial charge in [-0.25, -0.2) is 13.6 Å². The molecule has 1 aromatic rings. The van der Waals surface area contributed by atoms with Crippen molar-refractivity contribution in [2.45, 2.75) is 23.3 Å². The number of sulfonamides is 1. The average Bonchev–Trinajstić information content (AvgIpc) is 2.61. The Hall–Kier alpha value is -2.00. The van der Waals surface area contributed by atoms with E-state index in [1.807, 2.05) is 13.1 Å². The molecule has 7 nitrogen and oxygen atoms in total. The zero-order valence-electron chi connectivity index (χ0n) is 14.7. The van der Waals surface area contributed by atoms with Gasteiger partial charge in [0.05, 0.1) is 23.6 Å². The maximum Gasteiger partial charge on any atom is 0.293 e. The minimum atomic E-state index is -3.61. The third kappa shape index (κ3) is 5.25. The van der Waals surface area contributed by atoms with Crippen LogP contribution in [0, 0.1) is 0 Å². The monoisotopic (exact) mass is 380 g/mol. The minimum Gasteiger partial charge on any atom is -0.463 e. The fourth-order valence-corrected chi connectivity index (χ4v) is 3.15. The van der Waals surface area contributed by atoms with Gasteiger partial charge in [0.15, 0.2) is 0 Å². The predicted octanol–water partition coefficient (Wildman–Crippen LogP) is 1.21. The first kappa shape index (κ1) is 20.3. The molecule has 2 aliphatic rings. The first-order valence-corrected chi connectivity index (χ1v) is 9.77. The van der Waals surface area contributed by atoms with Crippen molar-refractivity contribution < 1.29 is 22.7 Å². The average molecular weight is 380 g/mol. The first-order chi connectivity index (χ1) is 12.4. The smallest absolute Gasteiger partial charge is 0.293 e. The van der Waals surface area contributed by atoms with E-state index >= 15 is 0 Å². The summed E-state index contributed by atoms with van der Waals surface area (Å²) in [4.78, 5) is 9.90. The topological polar surface area (TPSA) is 108 Å². The summed E-state index contributed by atoms with van der Waals surface area (Å²) in [5.74, 6) is 0. The molecule has 0 unspecified atom stereocenters. The molecule has 1 fully saturated rings. The van der Waals surface area contributed by atoms with Gasteiger partial charge in [0, 0.05) is 0 Å². The van der Waals surface area contributed by atoms with Gasteiger partial charge in [0.2, 0.25) is 10.0 Å². The van der Waals surface area contributed by atoms with Crippen LogP contribution >= 0.6 is 0 Å². The van der Waals surface area contributed by atoms with Gasteiger partial charge in [-0.15, -0.1) is 0 Å². The van der Waals surface area contributed by atoms with E-state index in [0.29, 0.717) is 26.3 Å². The van der Waals surface area contributed by atoms with Crippen LogP contribution in [-0.2, 0) is 29.8 Å². The molecular weight excluding hydrogens is 356 g/mol. The summed E-state index contributed by atoms with van der Waals surface area (Å²) in [6, 6.07) is 6.56. The van der Waals surface area contributed by atoms with Crippen LogP contribution in [0.5, 0.6) is 0 Å². The number of carbonyl (C=O) groups excluding carboxylic acids is 1. The molecule has 8 heteroatoms. The lowest BCUT2D eigenvalue weighted by molar-refractivity contribution is -0.127. The number of nitrogens with two attached hydrogens (primary N) is 1. The van der Waals surface area contributed by atoms with Gasteiger partial charge in [-0.05, 0) is 43.2 Å². The minimum absolute atomic E-state index is 0.128. The highest BCUT2D eigenvalue weighted by Crippen LogP contribution is 2.29. The number of likely N-dealkylation sites (N-methyl/N-ethyl adjacent to an activating group) is 1. The molecule has 0 aromatic heterocycles. The molecule has 0 bridgehead atoms. The summed E-state index contributed by atoms with van der Waals surface area (Å²) in [5.41, 5.74) is 1.92. The lowest BCUT2D eigenvalue weighted by Gasteiger charge is -2.41. The highest BCUT2D eigenvalue weighted by atomic mass is 32.2. The summed E-state index contributed by atoms with van der Waals surface area (Å²) in [6.07, 6.45) is 8.33. The predicted molar refractivity (Wildman–Crippen MR) is 97.8 cm³/mol. The third-order valence-electron chi connectivity index (χ3n) is 4.30. The molecule has 0 saturated carbocycles. The molecule has 1 saturated heterocycles. The van der Waals surface area contributed by atoms with Gasteiger partial charge in [0.25, 0.3) is 6.47 Å². The van der Waals surface area contributed by atoms with Gasteiger partial charge in [-0.3, -0.25) is 4.79 Å². The number of primary sulfonamides is 1. The Morgan fingerprint density at radius 3 is 2.38 bits per heavy atom. The summed E-state index contributed by atoms with van der Waals surface area (Å²) >= 11 is 0. The fourth-order valence-electron chi connectivity index (χ4n) is 2.63. The van der Waals surface area contributed by atoms with E-state index in [4.69, 9.17) is 9.88 Å². The second kappa shape index (κ2) is 9.09. The van der Waals surface area contributed by atoms with E-state index in [1.54, 1.807) is 12.1 Å². The van der Waals surface area contributed by atoms with Crippen LogP contribution in [0.2, 0.25) is 0 Å². The Bertz CT molecular complexity index is 760. The van der Waals surface area contributed by atoms with Crippen molar-refractivity contribution in [3.8, 4) is 0 Å². The Balaban J connectivity index is 0.000000209. The molecule has 0 atom stereocenters. The molecule has 1 heterocycles. The summed E-state index contributed by atoms with van der Waals surface area (Å²) < 4.78 is 31.9. The van der Waals surface area contributed by atoms with E-state index in [9.17, 15) is 13.2 Å². The van der Waals surface area contributed by atoms with Crippen LogP contribution < -0.4 is 10.5 Å². The molecule has 3 rings (SSSR count). The van der Waals surface area contributed by atoms with Crippen molar-refractivity contribution in [1.82, 2.24) is 5.32 Å². The number of hydrogen-bond donors (Lipinski definition) is 2. The van der Waals surface area contributed by atoms with Crippen molar-refractivity contribution in [2.24, 2.45) is 5.14 Å². The van der Waals surface area contributed by atoms with Crippen molar-refractivity contribution in [3.05, 3.63) is 53.6 Å². The molecule has 0 amide bonds. The van der Waals surface area contributed by atoms with Crippen LogP contribution in [0.25, 0.3) is 0 Å². The number of benzene rings is 1. The molecule has 0 radical (unpaired) electrons. The lowest BCUT2D eigenvalue weighted by atomic mass is 9.88. The van der Waals surface area contributed by atoms with E-state index in [0.717, 1.165) is 24.0 Å². The number of rotatable bonds is 6. The Morgan fingerprint density at radius 2 is 1.96 bits per heavy atom. The standard InChI is InChI=1S/C10H14N2O3S.C8H10O2/c1-12-10(6-15-7-10)8-2-4-9(5-3-8)16(11,13)14;9-7-10-6-8-4-2-1-3-5-8/h2-5,12H,6-7H2,1H3,(H2,11,13,14);2,4-5,7H,1,3,6H2. The molecule has 1 aromatic carbocycles. The first-order valence-electron chi connectivity index (χ1n) is 8.22. The van der Waals surface area contributed by atoms with Crippen LogP contribution in [0.4, 0.5) is 0 Å². The number of nitrogens with one attached hydrogen (secondary N) is 1. The summed E-state index contributed by atoms with van der Waals surface area (Å²) in [5, 5.41) is 8.21. The summed E-state index contributed by atoms with van der Waals surface area (Å²) in [6.45, 7) is 2.08. The van der Waals surface area contributed by atoms with Gasteiger partial charge >= 0.3 is 0 Å². The second-order valence-electron chi connectivity index (χ2n) is 6.06. The second-order valence-corrected chi connectivity index (χ2v) is 7.62. The highest BCUT2D eigenvalue weighted by molar-refractivity contribution is 7.89. The highest BCUT2D eigenvalue weighted by Gasteiger charge is 2.38. The maximum atomic E-state index is 11.1. The van der Waals surface area contributed by atoms with E-state index < -0.39 is 10.0 Å². The zero-order chi connectivity index (χ0) is 19.0. The van der Waals surface area contributed by atoms with E-state index in [-0.39, 0.29) is 10.4 Å². The van der Waals surface area contributed by atoms with Gasteiger partial charge < -0.3 is 14.8 Å². The number of ether oxygens (including phenoxy) is 2. The molecule has 1 aliphatic heterocycles. The fraction of sp³-hybridized carbons (Fsp3) is 0.389. The van der Waals surface area contributed by atoms with E-state index in [1.165, 1.54) is 12.1 Å². The normalized spacial score (nSPS) is 18.0. The summed E-state index contributed by atoms with van der Waals surface area (Å²) in [7, 11) is -1.75. The zero-order valence-corrected chi connectivity index (χ0v) is 15.5. The van der Waals surface area contributed by atoms with Gasteiger partial charge in [-0.1, -0.05) is 30.4 Å². The van der Waals surface area contributed by atoms with Crippen molar-refractivity contribution in [2.75, 3.05) is 26.9 Å². The molecule has 3 N–H and O–H groups in total. The number of hydrogen-bond acceptors (Lipinski definition) is 6. The van der Waals surface area contributed by atoms with Gasteiger partial charge in [0.1, 0.15) is 6.61 Å². The lowest BCUT2D eigenvalue weighted by Crippen LogP contribution is -2.56. The van der Waals surface area contributed by atoms with Crippen molar-refractivity contribution >= 4 is 16.5 Å². The van der Waals surface area contributed by atoms with Crippen LogP contribution in [0.3, 0.4) is 0 Å². The Labute approximate surface area is 153 Å². The molecule has 142 valence electrons. The largest absolute Gasteiger partial charge is 0.463 e. The Kier molecular flexibility index (Phi) is 7.10. The van der Waals surface area contributed by atoms with Crippen molar-refractivity contribution in [1.29, 1.82) is 0 Å². The SMILES string of the molecule is CNC1(c2ccc(S(N)(=O)=O)cc2)COC1.O=COCC1=CCCC=C1. The van der Waals surface area contributed by atoms with Crippen LogP contribution in [0.1, 0.15) is 18.4 Å². The van der Waals surface area contributed by atoms with Crippen LogP contribution in [-0.4, -0.2) is 41.8 Å². The van der Waals surface area contributed by atoms with E-state index in [2.05, 4.69) is 22.2 Å². The quantitative estimate of drug-likeness (QED) is 0.719. The number of allylic oxidation sites excluding steroid dienone is 2. The van der Waals surface area contributed by atoms with Gasteiger partial charge in [-0.2, -0.15) is 0 Å². The molecule has 26 heavy (non-hydrogen) atoms. The molecule has 1 aliphatic carbocycles. The molecule has 0 spiro atoms. The van der Waals surface area contributed by atoms with Crippen LogP contribution in [0.15, 0.2) is 53.0 Å². The third-order valence-corrected chi connectivity index (χ3v) is 5.23. The number of carbonyl (C=O) groups is 1. The molecular formula is C18H24N2O5S. The maximum absolute atomic E-state index is 11.1.